The third-order valence-electron chi connectivity index (χ3n) is 1.16. The van der Waals surface area contributed by atoms with Gasteiger partial charge in [0, 0.05) is 0 Å². The minimum atomic E-state index is -0.279. The molecule has 0 spiro atoms. The molecule has 0 saturated carbocycles. The second kappa shape index (κ2) is 2.97. The third-order valence-corrected chi connectivity index (χ3v) is 2.34. The van der Waals surface area contributed by atoms with Crippen LogP contribution in [0.4, 0.5) is 5.69 Å². The van der Waals surface area contributed by atoms with Gasteiger partial charge in [0.1, 0.15) is 10.0 Å². The summed E-state index contributed by atoms with van der Waals surface area (Å²) in [4.78, 5) is 0. The Morgan fingerprint density at radius 2 is 1.73 bits per heavy atom. The van der Waals surface area contributed by atoms with Crippen LogP contribution in [0, 0.1) is 0 Å². The Bertz CT molecular complexity index is 274. The maximum Gasteiger partial charge on any atom is 0.156 e. The number of rotatable bonds is 0. The zero-order valence-corrected chi connectivity index (χ0v) is 7.50. The van der Waals surface area contributed by atoms with Crippen LogP contribution >= 0.6 is 34.8 Å². The zero-order valence-electron chi connectivity index (χ0n) is 5.24. The van der Waals surface area contributed by atoms with Gasteiger partial charge in [0.25, 0.3) is 0 Å². The number of aromatic hydroxyl groups is 1. The van der Waals surface area contributed by atoms with E-state index in [2.05, 4.69) is 0 Å². The SMILES string of the molecule is Nc1cc(Cl)c(Cl)c(O)c1Cl. The number of halogens is 3. The zero-order chi connectivity index (χ0) is 8.59. The number of phenolic OH excluding ortho intramolecular Hbond substituents is 1. The second-order valence-electron chi connectivity index (χ2n) is 1.92. The Labute approximate surface area is 78.5 Å². The van der Waals surface area contributed by atoms with Crippen molar-refractivity contribution in [2.45, 2.75) is 0 Å². The first-order chi connectivity index (χ1) is 5.04. The quantitative estimate of drug-likeness (QED) is 0.513. The fourth-order valence-corrected chi connectivity index (χ4v) is 1.16. The minimum absolute atomic E-state index is 0.0193. The van der Waals surface area contributed by atoms with Crippen molar-refractivity contribution in [1.82, 2.24) is 0 Å². The van der Waals surface area contributed by atoms with Crippen LogP contribution in [0.3, 0.4) is 0 Å². The van der Waals surface area contributed by atoms with E-state index in [1.165, 1.54) is 6.07 Å². The van der Waals surface area contributed by atoms with Gasteiger partial charge in [-0.15, -0.1) is 0 Å². The molecule has 0 aromatic heterocycles. The molecule has 1 aromatic rings. The molecule has 5 heteroatoms. The van der Waals surface area contributed by atoms with Gasteiger partial charge in [-0.05, 0) is 6.07 Å². The van der Waals surface area contributed by atoms with Crippen molar-refractivity contribution < 1.29 is 5.11 Å². The van der Waals surface area contributed by atoms with Gasteiger partial charge in [-0.2, -0.15) is 0 Å². The first-order valence-corrected chi connectivity index (χ1v) is 3.79. The molecule has 0 aliphatic heterocycles. The highest BCUT2D eigenvalue weighted by molar-refractivity contribution is 6.45. The van der Waals surface area contributed by atoms with Crippen molar-refractivity contribution in [2.75, 3.05) is 5.73 Å². The smallest absolute Gasteiger partial charge is 0.156 e. The van der Waals surface area contributed by atoms with Crippen molar-refractivity contribution in [3.63, 3.8) is 0 Å². The predicted octanol–water partition coefficient (Wildman–Crippen LogP) is 2.93. The van der Waals surface area contributed by atoms with Gasteiger partial charge < -0.3 is 10.8 Å². The highest BCUT2D eigenvalue weighted by Gasteiger charge is 2.11. The summed E-state index contributed by atoms with van der Waals surface area (Å²) in [5.41, 5.74) is 5.56. The molecule has 60 valence electrons. The third kappa shape index (κ3) is 1.48. The molecule has 0 unspecified atom stereocenters. The standard InChI is InChI=1S/C6H4Cl3NO/c7-2-1-3(10)5(9)6(11)4(2)8/h1,11H,10H2. The van der Waals surface area contributed by atoms with Crippen LogP contribution in [0.5, 0.6) is 5.75 Å². The van der Waals surface area contributed by atoms with E-state index in [1.54, 1.807) is 0 Å². The fourth-order valence-electron chi connectivity index (χ4n) is 0.609. The molecule has 0 atom stereocenters. The van der Waals surface area contributed by atoms with Crippen LogP contribution in [-0.4, -0.2) is 5.11 Å². The van der Waals surface area contributed by atoms with Crippen molar-refractivity contribution in [1.29, 1.82) is 0 Å². The molecule has 0 fully saturated rings. The Morgan fingerprint density at radius 3 is 2.27 bits per heavy atom. The van der Waals surface area contributed by atoms with E-state index in [0.29, 0.717) is 0 Å². The van der Waals surface area contributed by atoms with Gasteiger partial charge in [0.2, 0.25) is 0 Å². The molecule has 0 heterocycles. The largest absolute Gasteiger partial charge is 0.505 e. The first-order valence-electron chi connectivity index (χ1n) is 2.66. The Balaban J connectivity index is 3.46. The van der Waals surface area contributed by atoms with Crippen LogP contribution in [0.25, 0.3) is 0 Å². The molecule has 0 saturated heterocycles. The lowest BCUT2D eigenvalue weighted by atomic mass is 10.3. The Kier molecular flexibility index (Phi) is 2.37. The highest BCUT2D eigenvalue weighted by Crippen LogP contribution is 2.40. The molecule has 11 heavy (non-hydrogen) atoms. The predicted molar refractivity (Wildman–Crippen MR) is 47.5 cm³/mol. The fraction of sp³-hybridized carbons (Fsp3) is 0. The summed E-state index contributed by atoms with van der Waals surface area (Å²) >= 11 is 16.6. The monoisotopic (exact) mass is 211 g/mol. The van der Waals surface area contributed by atoms with E-state index < -0.39 is 0 Å². The lowest BCUT2D eigenvalue weighted by Gasteiger charge is -2.03. The summed E-state index contributed by atoms with van der Waals surface area (Å²) in [6.45, 7) is 0. The molecule has 3 N–H and O–H groups in total. The lowest BCUT2D eigenvalue weighted by Crippen LogP contribution is -1.86. The summed E-state index contributed by atoms with van der Waals surface area (Å²) in [6, 6.07) is 1.38. The number of benzene rings is 1. The molecular weight excluding hydrogens is 208 g/mol. The maximum atomic E-state index is 9.14. The number of nitrogen functional groups attached to an aromatic ring is 1. The molecule has 1 aromatic carbocycles. The molecule has 0 aliphatic rings. The van der Waals surface area contributed by atoms with Gasteiger partial charge in [-0.1, -0.05) is 34.8 Å². The van der Waals surface area contributed by atoms with Crippen molar-refractivity contribution in [3.05, 3.63) is 21.1 Å². The highest BCUT2D eigenvalue weighted by atomic mass is 35.5. The molecule has 0 amide bonds. The van der Waals surface area contributed by atoms with Crippen LogP contribution in [0.15, 0.2) is 6.07 Å². The van der Waals surface area contributed by atoms with Gasteiger partial charge >= 0.3 is 0 Å². The van der Waals surface area contributed by atoms with E-state index in [1.807, 2.05) is 0 Å². The van der Waals surface area contributed by atoms with Crippen molar-refractivity contribution in [3.8, 4) is 5.75 Å². The van der Waals surface area contributed by atoms with Crippen molar-refractivity contribution in [2.24, 2.45) is 0 Å². The average Bonchev–Trinajstić information content (AvgIpc) is 1.97. The number of anilines is 1. The van der Waals surface area contributed by atoms with Crippen LogP contribution in [0.1, 0.15) is 0 Å². The number of hydrogen-bond donors (Lipinski definition) is 2. The van der Waals surface area contributed by atoms with Crippen LogP contribution in [-0.2, 0) is 0 Å². The average molecular weight is 212 g/mol. The van der Waals surface area contributed by atoms with E-state index in [-0.39, 0.29) is 26.5 Å². The summed E-state index contributed by atoms with van der Waals surface area (Å²) in [5.74, 6) is -0.279. The summed E-state index contributed by atoms with van der Waals surface area (Å²) in [6.07, 6.45) is 0. The first kappa shape index (κ1) is 8.78. The molecule has 0 radical (unpaired) electrons. The molecular formula is C6H4Cl3NO. The van der Waals surface area contributed by atoms with Crippen LogP contribution in [0.2, 0.25) is 15.1 Å². The number of phenols is 1. The Hall–Kier alpha value is -0.310. The normalized spacial score (nSPS) is 10.1. The number of nitrogens with two attached hydrogens (primary N) is 1. The van der Waals surface area contributed by atoms with Crippen molar-refractivity contribution >= 4 is 40.5 Å². The van der Waals surface area contributed by atoms with Gasteiger partial charge in [-0.25, -0.2) is 0 Å². The van der Waals surface area contributed by atoms with E-state index in [9.17, 15) is 0 Å². The van der Waals surface area contributed by atoms with E-state index in [0.717, 1.165) is 0 Å². The Morgan fingerprint density at radius 1 is 1.18 bits per heavy atom. The second-order valence-corrected chi connectivity index (χ2v) is 3.09. The molecule has 0 aliphatic carbocycles. The maximum absolute atomic E-state index is 9.14. The number of hydrogen-bond acceptors (Lipinski definition) is 2. The lowest BCUT2D eigenvalue weighted by molar-refractivity contribution is 0.476. The van der Waals surface area contributed by atoms with Gasteiger partial charge in [0.15, 0.2) is 5.75 Å². The van der Waals surface area contributed by atoms with Gasteiger partial charge in [-0.3, -0.25) is 0 Å². The summed E-state index contributed by atoms with van der Waals surface area (Å²) in [7, 11) is 0. The molecule has 1 rings (SSSR count). The molecule has 2 nitrogen and oxygen atoms in total. The van der Waals surface area contributed by atoms with E-state index in [4.69, 9.17) is 45.6 Å². The molecule has 0 bridgehead atoms. The van der Waals surface area contributed by atoms with E-state index >= 15 is 0 Å². The minimum Gasteiger partial charge on any atom is -0.505 e. The summed E-state index contributed by atoms with van der Waals surface area (Å²) < 4.78 is 0. The van der Waals surface area contributed by atoms with Gasteiger partial charge in [0.05, 0.1) is 10.7 Å². The summed E-state index contributed by atoms with van der Waals surface area (Å²) in [5, 5.41) is 9.37. The van der Waals surface area contributed by atoms with Crippen LogP contribution < -0.4 is 5.73 Å². The topological polar surface area (TPSA) is 46.2 Å².